The number of aromatic nitrogens is 3. The van der Waals surface area contributed by atoms with E-state index in [0.717, 1.165) is 4.47 Å². The Bertz CT molecular complexity index is 624. The number of carbonyl (C=O) groups excluding carboxylic acids is 1. The van der Waals surface area contributed by atoms with Crippen molar-refractivity contribution in [1.82, 2.24) is 15.0 Å². The molecular formula is C12H11BrN4O3. The molecule has 1 aromatic carbocycles. The molecule has 2 aromatic rings. The number of hydrogen-bond donors (Lipinski definition) is 2. The molecule has 0 aliphatic heterocycles. The normalized spacial score (nSPS) is 10.2. The minimum absolute atomic E-state index is 0.0251. The molecule has 1 aromatic heterocycles. The molecule has 0 atom stereocenters. The Labute approximate surface area is 122 Å². The second-order valence-electron chi connectivity index (χ2n) is 4.03. The Morgan fingerprint density at radius 1 is 1.30 bits per heavy atom. The highest BCUT2D eigenvalue weighted by Gasteiger charge is 2.08. The molecule has 8 heteroatoms. The maximum absolute atomic E-state index is 11.8. The number of carboxylic acid groups (broad SMARTS) is 1. The third kappa shape index (κ3) is 4.16. The molecule has 2 rings (SSSR count). The summed E-state index contributed by atoms with van der Waals surface area (Å²) >= 11 is 3.30. The van der Waals surface area contributed by atoms with Gasteiger partial charge in [-0.1, -0.05) is 21.1 Å². The highest BCUT2D eigenvalue weighted by Crippen LogP contribution is 2.14. The van der Waals surface area contributed by atoms with Gasteiger partial charge >= 0.3 is 5.97 Å². The molecule has 0 aliphatic rings. The first-order valence-electron chi connectivity index (χ1n) is 5.69. The number of anilines is 1. The van der Waals surface area contributed by atoms with Crippen molar-refractivity contribution in [2.75, 3.05) is 5.32 Å². The fourth-order valence-electron chi connectivity index (χ4n) is 1.53. The Morgan fingerprint density at radius 2 is 2.00 bits per heavy atom. The summed E-state index contributed by atoms with van der Waals surface area (Å²) in [5.41, 5.74) is 0.984. The largest absolute Gasteiger partial charge is 0.481 e. The summed E-state index contributed by atoms with van der Waals surface area (Å²) in [4.78, 5) is 22.3. The van der Waals surface area contributed by atoms with Gasteiger partial charge in [0.1, 0.15) is 6.54 Å². The number of nitrogens with zero attached hydrogens (tertiary/aromatic N) is 3. The topological polar surface area (TPSA) is 97.1 Å². The van der Waals surface area contributed by atoms with Crippen LogP contribution in [0.2, 0.25) is 0 Å². The monoisotopic (exact) mass is 338 g/mol. The van der Waals surface area contributed by atoms with Gasteiger partial charge in [0.15, 0.2) is 0 Å². The Morgan fingerprint density at radius 3 is 2.65 bits per heavy atom. The average Bonchev–Trinajstić information content (AvgIpc) is 2.78. The Kier molecular flexibility index (Phi) is 4.46. The third-order valence-corrected chi connectivity index (χ3v) is 2.88. The summed E-state index contributed by atoms with van der Waals surface area (Å²) in [6, 6.07) is 7.16. The lowest BCUT2D eigenvalue weighted by Crippen LogP contribution is -2.19. The average molecular weight is 339 g/mol. The molecule has 2 N–H and O–H groups in total. The number of rotatable bonds is 5. The zero-order chi connectivity index (χ0) is 14.5. The molecule has 1 amide bonds. The van der Waals surface area contributed by atoms with E-state index in [1.54, 1.807) is 12.1 Å². The summed E-state index contributed by atoms with van der Waals surface area (Å²) in [6.45, 7) is -0.0251. The van der Waals surface area contributed by atoms with Crippen molar-refractivity contribution >= 4 is 33.5 Å². The van der Waals surface area contributed by atoms with Crippen molar-refractivity contribution in [3.05, 3.63) is 40.6 Å². The van der Waals surface area contributed by atoms with E-state index in [0.29, 0.717) is 11.4 Å². The van der Waals surface area contributed by atoms with E-state index in [1.165, 1.54) is 10.9 Å². The van der Waals surface area contributed by atoms with Crippen molar-refractivity contribution in [3.63, 3.8) is 0 Å². The lowest BCUT2D eigenvalue weighted by molar-refractivity contribution is -0.136. The van der Waals surface area contributed by atoms with Crippen molar-refractivity contribution in [2.24, 2.45) is 0 Å². The molecule has 0 saturated heterocycles. The minimum Gasteiger partial charge on any atom is -0.481 e. The molecular weight excluding hydrogens is 328 g/mol. The maximum atomic E-state index is 11.8. The summed E-state index contributed by atoms with van der Waals surface area (Å²) in [5, 5.41) is 18.7. The molecule has 0 radical (unpaired) electrons. The number of benzene rings is 1. The first kappa shape index (κ1) is 14.2. The van der Waals surface area contributed by atoms with Crippen LogP contribution >= 0.6 is 15.9 Å². The maximum Gasteiger partial charge on any atom is 0.309 e. The predicted octanol–water partition coefficient (Wildman–Crippen LogP) is 1.31. The van der Waals surface area contributed by atoms with E-state index in [1.807, 2.05) is 12.1 Å². The molecule has 0 fully saturated rings. The summed E-state index contributed by atoms with van der Waals surface area (Å²) in [7, 11) is 0. The number of amides is 1. The van der Waals surface area contributed by atoms with Crippen LogP contribution in [0.4, 0.5) is 5.69 Å². The van der Waals surface area contributed by atoms with Crippen LogP contribution in [0.25, 0.3) is 0 Å². The van der Waals surface area contributed by atoms with Crippen molar-refractivity contribution in [2.45, 2.75) is 13.0 Å². The Hall–Kier alpha value is -2.22. The second-order valence-corrected chi connectivity index (χ2v) is 4.95. The smallest absolute Gasteiger partial charge is 0.309 e. The molecule has 104 valence electrons. The standard InChI is InChI=1S/C12H11BrN4O3/c13-8-1-3-9(4-2-8)14-11(18)7-17-6-10(15-16-17)5-12(19)20/h1-4,6H,5,7H2,(H,14,18)(H,19,20). The molecule has 7 nitrogen and oxygen atoms in total. The first-order valence-corrected chi connectivity index (χ1v) is 6.48. The molecule has 0 saturated carbocycles. The lowest BCUT2D eigenvalue weighted by atomic mass is 10.3. The molecule has 0 bridgehead atoms. The molecule has 20 heavy (non-hydrogen) atoms. The lowest BCUT2D eigenvalue weighted by Gasteiger charge is -2.04. The van der Waals surface area contributed by atoms with Gasteiger partial charge in [-0.3, -0.25) is 9.59 Å². The van der Waals surface area contributed by atoms with Gasteiger partial charge in [-0.05, 0) is 24.3 Å². The van der Waals surface area contributed by atoms with Gasteiger partial charge in [-0.2, -0.15) is 0 Å². The van der Waals surface area contributed by atoms with Crippen LogP contribution in [0.3, 0.4) is 0 Å². The third-order valence-electron chi connectivity index (χ3n) is 2.35. The highest BCUT2D eigenvalue weighted by atomic mass is 79.9. The van der Waals surface area contributed by atoms with Crippen molar-refractivity contribution in [1.29, 1.82) is 0 Å². The Balaban J connectivity index is 1.92. The second kappa shape index (κ2) is 6.29. The van der Waals surface area contributed by atoms with Crippen LogP contribution in [0.1, 0.15) is 5.69 Å². The van der Waals surface area contributed by atoms with Gasteiger partial charge < -0.3 is 10.4 Å². The van der Waals surface area contributed by atoms with Crippen molar-refractivity contribution < 1.29 is 14.7 Å². The van der Waals surface area contributed by atoms with E-state index in [4.69, 9.17) is 5.11 Å². The zero-order valence-electron chi connectivity index (χ0n) is 10.3. The van der Waals surface area contributed by atoms with Gasteiger partial charge in [-0.15, -0.1) is 5.10 Å². The van der Waals surface area contributed by atoms with E-state index in [9.17, 15) is 9.59 Å². The van der Waals surface area contributed by atoms with E-state index >= 15 is 0 Å². The summed E-state index contributed by atoms with van der Waals surface area (Å²) < 4.78 is 2.22. The zero-order valence-corrected chi connectivity index (χ0v) is 11.9. The van der Waals surface area contributed by atoms with Gasteiger partial charge in [0.25, 0.3) is 0 Å². The molecule has 1 heterocycles. The van der Waals surface area contributed by atoms with E-state index < -0.39 is 5.97 Å². The SMILES string of the molecule is O=C(O)Cc1cn(CC(=O)Nc2ccc(Br)cc2)nn1. The van der Waals surface area contributed by atoms with E-state index in [-0.39, 0.29) is 18.9 Å². The number of hydrogen-bond acceptors (Lipinski definition) is 4. The molecule has 0 unspecified atom stereocenters. The number of nitrogens with one attached hydrogen (secondary N) is 1. The fourth-order valence-corrected chi connectivity index (χ4v) is 1.80. The van der Waals surface area contributed by atoms with Crippen LogP contribution in [-0.2, 0) is 22.6 Å². The van der Waals surface area contributed by atoms with Gasteiger partial charge in [0.2, 0.25) is 5.91 Å². The quantitative estimate of drug-likeness (QED) is 0.856. The number of carboxylic acids is 1. The first-order chi connectivity index (χ1) is 9.52. The highest BCUT2D eigenvalue weighted by molar-refractivity contribution is 9.10. The van der Waals surface area contributed by atoms with Crippen LogP contribution in [-0.4, -0.2) is 32.0 Å². The van der Waals surface area contributed by atoms with Crippen molar-refractivity contribution in [3.8, 4) is 0 Å². The fraction of sp³-hybridized carbons (Fsp3) is 0.167. The van der Waals surface area contributed by atoms with Crippen LogP contribution in [0, 0.1) is 0 Å². The van der Waals surface area contributed by atoms with Crippen LogP contribution in [0.5, 0.6) is 0 Å². The van der Waals surface area contributed by atoms with Gasteiger partial charge in [0.05, 0.1) is 12.1 Å². The number of halogens is 1. The number of aliphatic carboxylic acids is 1. The summed E-state index contributed by atoms with van der Waals surface area (Å²) in [5.74, 6) is -1.25. The van der Waals surface area contributed by atoms with Crippen LogP contribution in [0.15, 0.2) is 34.9 Å². The van der Waals surface area contributed by atoms with E-state index in [2.05, 4.69) is 31.6 Å². The van der Waals surface area contributed by atoms with Crippen LogP contribution < -0.4 is 5.32 Å². The molecule has 0 aliphatic carbocycles. The number of carbonyl (C=O) groups is 2. The van der Waals surface area contributed by atoms with Gasteiger partial charge in [-0.25, -0.2) is 4.68 Å². The minimum atomic E-state index is -0.989. The molecule has 0 spiro atoms. The predicted molar refractivity (Wildman–Crippen MR) is 74.1 cm³/mol. The summed E-state index contributed by atoms with van der Waals surface area (Å²) in [6.07, 6.45) is 1.23. The van der Waals surface area contributed by atoms with Gasteiger partial charge in [0, 0.05) is 16.4 Å².